The van der Waals surface area contributed by atoms with E-state index in [4.69, 9.17) is 16.3 Å². The van der Waals surface area contributed by atoms with E-state index in [1.807, 2.05) is 36.4 Å². The summed E-state index contributed by atoms with van der Waals surface area (Å²) in [5.41, 5.74) is 3.84. The molecule has 1 aromatic heterocycles. The molecule has 0 aliphatic heterocycles. The molecule has 0 aliphatic rings. The maximum Gasteiger partial charge on any atom is 0.336 e. The van der Waals surface area contributed by atoms with Gasteiger partial charge in [-0.2, -0.15) is 0 Å². The molecule has 0 atom stereocenters. The third kappa shape index (κ3) is 4.86. The number of aromatic nitrogens is 2. The van der Waals surface area contributed by atoms with Crippen LogP contribution in [0.25, 0.3) is 11.1 Å². The van der Waals surface area contributed by atoms with E-state index in [1.165, 1.54) is 0 Å². The summed E-state index contributed by atoms with van der Waals surface area (Å²) in [7, 11) is 1.65. The fraction of sp³-hybridized carbons (Fsp3) is 0.304. The van der Waals surface area contributed by atoms with Crippen molar-refractivity contribution in [1.82, 2.24) is 9.55 Å². The molecular formula is C23H25ClN2O3. The molecule has 152 valence electrons. The van der Waals surface area contributed by atoms with Crippen LogP contribution in [-0.4, -0.2) is 27.7 Å². The van der Waals surface area contributed by atoms with Gasteiger partial charge in [0.1, 0.15) is 5.82 Å². The summed E-state index contributed by atoms with van der Waals surface area (Å²) in [4.78, 5) is 16.0. The molecule has 0 amide bonds. The molecule has 0 saturated heterocycles. The van der Waals surface area contributed by atoms with E-state index in [0.717, 1.165) is 41.9 Å². The van der Waals surface area contributed by atoms with E-state index < -0.39 is 5.97 Å². The number of hydrogen-bond donors (Lipinski definition) is 1. The van der Waals surface area contributed by atoms with Gasteiger partial charge in [0.05, 0.1) is 17.9 Å². The Balaban J connectivity index is 1.89. The van der Waals surface area contributed by atoms with Crippen LogP contribution in [-0.2, 0) is 24.3 Å². The summed E-state index contributed by atoms with van der Waals surface area (Å²) in [6.45, 7) is 3.19. The molecule has 0 aliphatic carbocycles. The second-order valence-corrected chi connectivity index (χ2v) is 7.29. The van der Waals surface area contributed by atoms with Gasteiger partial charge < -0.3 is 14.4 Å². The number of carboxylic acids is 1. The van der Waals surface area contributed by atoms with Crippen LogP contribution in [0.15, 0.2) is 48.5 Å². The van der Waals surface area contributed by atoms with E-state index >= 15 is 0 Å². The van der Waals surface area contributed by atoms with Crippen LogP contribution >= 0.6 is 11.6 Å². The lowest BCUT2D eigenvalue weighted by molar-refractivity contribution is 0.0697. The fourth-order valence-corrected chi connectivity index (χ4v) is 3.64. The second kappa shape index (κ2) is 9.72. The predicted octanol–water partition coefficient (Wildman–Crippen LogP) is 5.44. The van der Waals surface area contributed by atoms with Crippen molar-refractivity contribution in [2.24, 2.45) is 0 Å². The highest BCUT2D eigenvalue weighted by atomic mass is 35.5. The molecule has 1 heterocycles. The average Bonchev–Trinajstić information content (AvgIpc) is 3.02. The van der Waals surface area contributed by atoms with Gasteiger partial charge in [-0.25, -0.2) is 9.78 Å². The van der Waals surface area contributed by atoms with Crippen molar-refractivity contribution in [3.8, 4) is 11.1 Å². The second-order valence-electron chi connectivity index (χ2n) is 6.94. The molecule has 0 unspecified atom stereocenters. The van der Waals surface area contributed by atoms with Gasteiger partial charge in [0.25, 0.3) is 0 Å². The minimum Gasteiger partial charge on any atom is -0.478 e. The van der Waals surface area contributed by atoms with E-state index in [-0.39, 0.29) is 0 Å². The van der Waals surface area contributed by atoms with Crippen LogP contribution in [0.5, 0.6) is 0 Å². The number of aromatic carboxylic acids is 1. The molecule has 3 rings (SSSR count). The molecule has 1 N–H and O–H groups in total. The van der Waals surface area contributed by atoms with Crippen molar-refractivity contribution >= 4 is 17.6 Å². The fourth-order valence-electron chi connectivity index (χ4n) is 3.39. The summed E-state index contributed by atoms with van der Waals surface area (Å²) < 4.78 is 7.44. The first-order valence-electron chi connectivity index (χ1n) is 9.69. The van der Waals surface area contributed by atoms with E-state index in [2.05, 4.69) is 16.5 Å². The Morgan fingerprint density at radius 1 is 1.17 bits per heavy atom. The van der Waals surface area contributed by atoms with Crippen molar-refractivity contribution in [3.05, 3.63) is 76.3 Å². The van der Waals surface area contributed by atoms with E-state index in [9.17, 15) is 9.90 Å². The molecule has 0 fully saturated rings. The first kappa shape index (κ1) is 21.1. The first-order chi connectivity index (χ1) is 14.0. The molecule has 5 nitrogen and oxygen atoms in total. The Morgan fingerprint density at radius 2 is 1.90 bits per heavy atom. The smallest absolute Gasteiger partial charge is 0.336 e. The Hall–Kier alpha value is -2.63. The number of nitrogens with zero attached hydrogens (tertiary/aromatic N) is 2. The molecule has 6 heteroatoms. The molecule has 0 bridgehead atoms. The zero-order valence-corrected chi connectivity index (χ0v) is 17.4. The quantitative estimate of drug-likeness (QED) is 0.508. The largest absolute Gasteiger partial charge is 0.478 e. The van der Waals surface area contributed by atoms with Crippen molar-refractivity contribution < 1.29 is 14.6 Å². The zero-order valence-electron chi connectivity index (χ0n) is 16.7. The number of methoxy groups -OCH3 is 1. The van der Waals surface area contributed by atoms with Gasteiger partial charge in [-0.3, -0.25) is 0 Å². The van der Waals surface area contributed by atoms with Crippen LogP contribution in [0.1, 0.15) is 47.2 Å². The number of carbonyl (C=O) groups is 1. The van der Waals surface area contributed by atoms with Crippen molar-refractivity contribution in [3.63, 3.8) is 0 Å². The summed E-state index contributed by atoms with van der Waals surface area (Å²) in [6, 6.07) is 15.0. The first-order valence-corrected chi connectivity index (χ1v) is 10.1. The lowest BCUT2D eigenvalue weighted by Crippen LogP contribution is -2.10. The third-order valence-electron chi connectivity index (χ3n) is 4.90. The highest BCUT2D eigenvalue weighted by molar-refractivity contribution is 6.30. The summed E-state index contributed by atoms with van der Waals surface area (Å²) >= 11 is 6.36. The van der Waals surface area contributed by atoms with Gasteiger partial charge in [-0.15, -0.1) is 0 Å². The van der Waals surface area contributed by atoms with Gasteiger partial charge >= 0.3 is 5.97 Å². The minimum absolute atomic E-state index is 0.297. The third-order valence-corrected chi connectivity index (χ3v) is 5.20. The van der Waals surface area contributed by atoms with Gasteiger partial charge in [0, 0.05) is 20.1 Å². The number of hydrogen-bond acceptors (Lipinski definition) is 3. The highest BCUT2D eigenvalue weighted by Gasteiger charge is 2.16. The number of carboxylic acid groups (broad SMARTS) is 1. The van der Waals surface area contributed by atoms with Crippen LogP contribution in [0, 0.1) is 0 Å². The predicted molar refractivity (Wildman–Crippen MR) is 115 cm³/mol. The SMILES string of the molecule is CCCCc1nc(Cl)c(COC)n1Cc1ccc(-c2ccccc2C(=O)O)cc1. The Morgan fingerprint density at radius 3 is 2.55 bits per heavy atom. The Labute approximate surface area is 175 Å². The summed E-state index contributed by atoms with van der Waals surface area (Å²) in [5, 5.41) is 9.92. The van der Waals surface area contributed by atoms with Gasteiger partial charge in [-0.05, 0) is 29.2 Å². The van der Waals surface area contributed by atoms with Crippen molar-refractivity contribution in [2.45, 2.75) is 39.3 Å². The average molecular weight is 413 g/mol. The molecule has 3 aromatic rings. The molecular weight excluding hydrogens is 388 g/mol. The monoisotopic (exact) mass is 412 g/mol. The minimum atomic E-state index is -0.928. The molecule has 0 radical (unpaired) electrons. The summed E-state index contributed by atoms with van der Waals surface area (Å²) in [6.07, 6.45) is 3.00. The van der Waals surface area contributed by atoms with E-state index in [1.54, 1.807) is 19.2 Å². The van der Waals surface area contributed by atoms with Crippen LogP contribution in [0.4, 0.5) is 0 Å². The highest BCUT2D eigenvalue weighted by Crippen LogP contribution is 2.26. The number of rotatable bonds is 9. The van der Waals surface area contributed by atoms with Crippen LogP contribution < -0.4 is 0 Å². The number of halogens is 1. The molecule has 29 heavy (non-hydrogen) atoms. The maximum absolute atomic E-state index is 11.5. The van der Waals surface area contributed by atoms with Gasteiger partial charge in [-0.1, -0.05) is 67.4 Å². The lowest BCUT2D eigenvalue weighted by Gasteiger charge is -2.13. The number of aryl methyl sites for hydroxylation is 1. The topological polar surface area (TPSA) is 64.4 Å². The number of imidazole rings is 1. The van der Waals surface area contributed by atoms with Crippen LogP contribution in [0.3, 0.4) is 0 Å². The molecule has 0 spiro atoms. The zero-order chi connectivity index (χ0) is 20.8. The Kier molecular flexibility index (Phi) is 7.07. The lowest BCUT2D eigenvalue weighted by atomic mass is 9.99. The van der Waals surface area contributed by atoms with Crippen molar-refractivity contribution in [1.29, 1.82) is 0 Å². The molecule has 2 aromatic carbocycles. The van der Waals surface area contributed by atoms with Gasteiger partial charge in [0.15, 0.2) is 5.15 Å². The normalized spacial score (nSPS) is 11.0. The number of unbranched alkanes of at least 4 members (excludes halogenated alkanes) is 1. The van der Waals surface area contributed by atoms with Crippen molar-refractivity contribution in [2.75, 3.05) is 7.11 Å². The van der Waals surface area contributed by atoms with Crippen LogP contribution in [0.2, 0.25) is 5.15 Å². The Bertz CT molecular complexity index is 980. The number of ether oxygens (including phenoxy) is 1. The van der Waals surface area contributed by atoms with E-state index in [0.29, 0.717) is 29.4 Å². The standard InChI is InChI=1S/C23H25ClN2O3/c1-3-4-9-21-25-22(24)20(15-29-2)26(21)14-16-10-12-17(13-11-16)18-7-5-6-8-19(18)23(27)28/h5-8,10-13H,3-4,9,14-15H2,1-2H3,(H,27,28). The molecule has 0 saturated carbocycles. The maximum atomic E-state index is 11.5. The summed E-state index contributed by atoms with van der Waals surface area (Å²) in [5.74, 6) is 0.0340. The van der Waals surface area contributed by atoms with Gasteiger partial charge in [0.2, 0.25) is 0 Å². The number of benzene rings is 2.